The molecule has 1 N–H and O–H groups in total. The van der Waals surface area contributed by atoms with E-state index in [-0.39, 0.29) is 5.91 Å². The molecule has 3 heteroatoms. The maximum atomic E-state index is 11.3. The Morgan fingerprint density at radius 3 is 2.36 bits per heavy atom. The fourth-order valence-corrected chi connectivity index (χ4v) is 1.27. The van der Waals surface area contributed by atoms with Gasteiger partial charge in [-0.05, 0) is 18.6 Å². The average Bonchev–Trinajstić information content (AvgIpc) is 2.22. The average molecular weight is 211 g/mol. The first-order valence-corrected chi connectivity index (χ1v) is 5.87. The van der Waals surface area contributed by atoms with Gasteiger partial charge in [0.2, 0.25) is 0 Å². The molecule has 1 aromatic carbocycles. The van der Waals surface area contributed by atoms with E-state index < -0.39 is 0 Å². The summed E-state index contributed by atoms with van der Waals surface area (Å²) in [4.78, 5) is 11.3. The Balaban J connectivity index is 0.000000791. The van der Waals surface area contributed by atoms with Crippen LogP contribution in [-0.2, 0) is 0 Å². The third-order valence-electron chi connectivity index (χ3n) is 1.58. The topological polar surface area (TPSA) is 29.1 Å². The van der Waals surface area contributed by atoms with Crippen LogP contribution in [0.15, 0.2) is 24.3 Å². The highest BCUT2D eigenvalue weighted by Crippen LogP contribution is 2.07. The number of hydrogen-bond donors (Lipinski definition) is 1. The van der Waals surface area contributed by atoms with Crippen molar-refractivity contribution in [3.8, 4) is 0 Å². The molecule has 0 spiro atoms. The van der Waals surface area contributed by atoms with E-state index in [1.807, 2.05) is 51.3 Å². The first kappa shape index (κ1) is 13.0. The van der Waals surface area contributed by atoms with Gasteiger partial charge >= 0.3 is 0 Å². The number of benzene rings is 1. The smallest absolute Gasteiger partial charge is 0.261 e. The molecule has 0 aliphatic carbocycles. The van der Waals surface area contributed by atoms with Gasteiger partial charge in [-0.25, -0.2) is 0 Å². The van der Waals surface area contributed by atoms with Crippen LogP contribution in [0, 0.1) is 6.92 Å². The predicted octanol–water partition coefficient (Wildman–Crippen LogP) is 3.03. The largest absolute Gasteiger partial charge is 0.296 e. The van der Waals surface area contributed by atoms with Gasteiger partial charge in [0, 0.05) is 11.8 Å². The van der Waals surface area contributed by atoms with E-state index in [1.165, 1.54) is 11.9 Å². The molecule has 14 heavy (non-hydrogen) atoms. The lowest BCUT2D eigenvalue weighted by Gasteiger charge is -2.03. The monoisotopic (exact) mass is 211 g/mol. The van der Waals surface area contributed by atoms with E-state index in [1.54, 1.807) is 0 Å². The van der Waals surface area contributed by atoms with Crippen LogP contribution in [0.4, 0.5) is 0 Å². The lowest BCUT2D eigenvalue weighted by molar-refractivity contribution is 0.0984. The molecule has 0 radical (unpaired) electrons. The third-order valence-corrected chi connectivity index (χ3v) is 1.97. The van der Waals surface area contributed by atoms with Crippen LogP contribution in [0.3, 0.4) is 0 Å². The van der Waals surface area contributed by atoms with Crippen molar-refractivity contribution in [2.45, 2.75) is 20.8 Å². The summed E-state index contributed by atoms with van der Waals surface area (Å²) in [6, 6.07) is 7.53. The number of rotatable bonds is 2. The molecular weight excluding hydrogens is 194 g/mol. The zero-order chi connectivity index (χ0) is 11.0. The molecular formula is C11H17NOS. The number of nitrogens with one attached hydrogen (secondary N) is 1. The maximum Gasteiger partial charge on any atom is 0.261 e. The minimum Gasteiger partial charge on any atom is -0.296 e. The van der Waals surface area contributed by atoms with Crippen LogP contribution < -0.4 is 4.72 Å². The molecule has 0 unspecified atom stereocenters. The Morgan fingerprint density at radius 1 is 1.29 bits per heavy atom. The summed E-state index contributed by atoms with van der Waals surface area (Å²) in [7, 11) is 0. The van der Waals surface area contributed by atoms with E-state index in [2.05, 4.69) is 4.72 Å². The fourth-order valence-electron chi connectivity index (χ4n) is 0.975. The Labute approximate surface area is 90.2 Å². The molecule has 1 amide bonds. The van der Waals surface area contributed by atoms with Crippen LogP contribution in [0.2, 0.25) is 0 Å². The van der Waals surface area contributed by atoms with Crippen molar-refractivity contribution < 1.29 is 4.79 Å². The number of carbonyl (C=O) groups is 1. The molecule has 0 bridgehead atoms. The van der Waals surface area contributed by atoms with Crippen molar-refractivity contribution in [1.82, 2.24) is 4.72 Å². The summed E-state index contributed by atoms with van der Waals surface area (Å²) in [5.74, 6) is -0.0272. The minimum absolute atomic E-state index is 0.0272. The zero-order valence-electron chi connectivity index (χ0n) is 9.13. The summed E-state index contributed by atoms with van der Waals surface area (Å²) in [5.41, 5.74) is 1.75. The predicted molar refractivity (Wildman–Crippen MR) is 63.5 cm³/mol. The number of hydrogen-bond acceptors (Lipinski definition) is 2. The van der Waals surface area contributed by atoms with Crippen molar-refractivity contribution in [1.29, 1.82) is 0 Å². The van der Waals surface area contributed by atoms with Crippen LogP contribution in [0.25, 0.3) is 0 Å². The highest BCUT2D eigenvalue weighted by molar-refractivity contribution is 7.97. The lowest BCUT2D eigenvalue weighted by atomic mass is 10.1. The Morgan fingerprint density at radius 2 is 1.86 bits per heavy atom. The van der Waals surface area contributed by atoms with Crippen molar-refractivity contribution in [3.63, 3.8) is 0 Å². The molecule has 2 nitrogen and oxygen atoms in total. The molecule has 0 heterocycles. The number of amides is 1. The third kappa shape index (κ3) is 3.83. The van der Waals surface area contributed by atoms with Crippen LogP contribution >= 0.6 is 11.9 Å². The summed E-state index contributed by atoms with van der Waals surface area (Å²) >= 11 is 1.31. The second-order valence-corrected chi connectivity index (χ2v) is 3.06. The highest BCUT2D eigenvalue weighted by atomic mass is 32.2. The van der Waals surface area contributed by atoms with Gasteiger partial charge in [0.15, 0.2) is 0 Å². The standard InChI is InChI=1S/C9H11NOS.C2H6/c1-7-5-3-4-6-8(7)9(11)10-12-2;1-2/h3-6H,1-2H3,(H,10,11);1-2H3. The van der Waals surface area contributed by atoms with E-state index in [0.29, 0.717) is 0 Å². The molecule has 0 aliphatic rings. The summed E-state index contributed by atoms with van der Waals surface area (Å²) < 4.78 is 2.68. The number of aryl methyl sites for hydroxylation is 1. The maximum absolute atomic E-state index is 11.3. The Bertz CT molecular complexity index is 286. The molecule has 0 aromatic heterocycles. The first-order valence-electron chi connectivity index (χ1n) is 4.64. The fraction of sp³-hybridized carbons (Fsp3) is 0.364. The van der Waals surface area contributed by atoms with Gasteiger partial charge in [0.05, 0.1) is 0 Å². The van der Waals surface area contributed by atoms with Gasteiger partial charge in [0.25, 0.3) is 5.91 Å². The molecule has 1 aromatic rings. The van der Waals surface area contributed by atoms with E-state index >= 15 is 0 Å². The molecule has 0 saturated carbocycles. The lowest BCUT2D eigenvalue weighted by Crippen LogP contribution is -2.16. The number of carbonyl (C=O) groups excluding carboxylic acids is 1. The molecule has 0 saturated heterocycles. The summed E-state index contributed by atoms with van der Waals surface area (Å²) in [6.07, 6.45) is 1.83. The quantitative estimate of drug-likeness (QED) is 0.762. The Kier molecular flexibility index (Phi) is 6.93. The van der Waals surface area contributed by atoms with Crippen molar-refractivity contribution in [3.05, 3.63) is 35.4 Å². The molecule has 78 valence electrons. The zero-order valence-corrected chi connectivity index (χ0v) is 9.94. The second-order valence-electron chi connectivity index (χ2n) is 2.45. The van der Waals surface area contributed by atoms with Crippen LogP contribution in [0.1, 0.15) is 29.8 Å². The van der Waals surface area contributed by atoms with E-state index in [9.17, 15) is 4.79 Å². The normalized spacial score (nSPS) is 8.57. The second kappa shape index (κ2) is 7.44. The van der Waals surface area contributed by atoms with Gasteiger partial charge in [0.1, 0.15) is 0 Å². The molecule has 0 atom stereocenters. The first-order chi connectivity index (χ1) is 6.75. The molecule has 0 fully saturated rings. The van der Waals surface area contributed by atoms with Crippen molar-refractivity contribution in [2.75, 3.05) is 6.26 Å². The SMILES string of the molecule is CC.CSNC(=O)c1ccccc1C. The van der Waals surface area contributed by atoms with Crippen LogP contribution in [-0.4, -0.2) is 12.2 Å². The van der Waals surface area contributed by atoms with Gasteiger partial charge in [-0.3, -0.25) is 9.52 Å². The summed E-state index contributed by atoms with van der Waals surface area (Å²) in [5, 5.41) is 0. The molecule has 1 rings (SSSR count). The van der Waals surface area contributed by atoms with E-state index in [4.69, 9.17) is 0 Å². The van der Waals surface area contributed by atoms with Gasteiger partial charge in [-0.1, -0.05) is 44.0 Å². The van der Waals surface area contributed by atoms with Crippen molar-refractivity contribution >= 4 is 17.9 Å². The highest BCUT2D eigenvalue weighted by Gasteiger charge is 2.05. The van der Waals surface area contributed by atoms with Gasteiger partial charge in [-0.2, -0.15) is 0 Å². The van der Waals surface area contributed by atoms with Crippen molar-refractivity contribution in [2.24, 2.45) is 0 Å². The minimum atomic E-state index is -0.0272. The van der Waals surface area contributed by atoms with Gasteiger partial charge in [-0.15, -0.1) is 0 Å². The summed E-state index contributed by atoms with van der Waals surface area (Å²) in [6.45, 7) is 5.93. The van der Waals surface area contributed by atoms with Gasteiger partial charge < -0.3 is 0 Å². The molecule has 0 aliphatic heterocycles. The van der Waals surface area contributed by atoms with E-state index in [0.717, 1.165) is 11.1 Å². The van der Waals surface area contributed by atoms with Crippen LogP contribution in [0.5, 0.6) is 0 Å². The Hall–Kier alpha value is -0.960.